The van der Waals surface area contributed by atoms with Gasteiger partial charge >= 0.3 is 0 Å². The summed E-state index contributed by atoms with van der Waals surface area (Å²) in [7, 11) is 0. The molecule has 0 spiro atoms. The molecular weight excluding hydrogens is 316 g/mol. The first-order valence-corrected chi connectivity index (χ1v) is 8.20. The predicted molar refractivity (Wildman–Crippen MR) is 85.9 cm³/mol. The molecular formula is C16H23BrN2O. The van der Waals surface area contributed by atoms with Crippen LogP contribution in [0.25, 0.3) is 0 Å². The van der Waals surface area contributed by atoms with Gasteiger partial charge in [-0.1, -0.05) is 29.3 Å². The molecule has 0 bridgehead atoms. The molecule has 1 aromatic rings. The Kier molecular flexibility index (Phi) is 6.05. The summed E-state index contributed by atoms with van der Waals surface area (Å²) in [6, 6.07) is 7.47. The molecule has 4 heteroatoms. The van der Waals surface area contributed by atoms with Crippen molar-refractivity contribution in [1.29, 1.82) is 0 Å². The van der Waals surface area contributed by atoms with Gasteiger partial charge in [0, 0.05) is 23.1 Å². The maximum absolute atomic E-state index is 12.0. The van der Waals surface area contributed by atoms with Crippen LogP contribution < -0.4 is 5.32 Å². The molecule has 1 amide bonds. The molecule has 2 rings (SSSR count). The first-order chi connectivity index (χ1) is 9.65. The number of amides is 1. The van der Waals surface area contributed by atoms with E-state index in [1.807, 2.05) is 24.3 Å². The van der Waals surface area contributed by atoms with Crippen molar-refractivity contribution >= 4 is 21.8 Å². The van der Waals surface area contributed by atoms with Gasteiger partial charge in [-0.15, -0.1) is 0 Å². The molecule has 1 aromatic carbocycles. The van der Waals surface area contributed by atoms with Crippen LogP contribution in [0.5, 0.6) is 0 Å². The molecule has 1 N–H and O–H groups in total. The number of nitrogens with one attached hydrogen (secondary N) is 1. The Morgan fingerprint density at radius 3 is 2.55 bits per heavy atom. The number of benzene rings is 1. The zero-order valence-corrected chi connectivity index (χ0v) is 13.7. The lowest BCUT2D eigenvalue weighted by Gasteiger charge is -2.29. The normalized spacial score (nSPS) is 17.7. The Hall–Kier alpha value is -0.870. The van der Waals surface area contributed by atoms with Crippen LogP contribution in [0.2, 0.25) is 0 Å². The van der Waals surface area contributed by atoms with Crippen molar-refractivity contribution in [3.8, 4) is 0 Å². The van der Waals surface area contributed by atoms with Gasteiger partial charge in [0.2, 0.25) is 0 Å². The van der Waals surface area contributed by atoms with E-state index >= 15 is 0 Å². The van der Waals surface area contributed by atoms with E-state index in [2.05, 4.69) is 33.1 Å². The van der Waals surface area contributed by atoms with E-state index in [0.717, 1.165) is 23.1 Å². The molecule has 3 nitrogen and oxygen atoms in total. The summed E-state index contributed by atoms with van der Waals surface area (Å²) in [5.41, 5.74) is 0.721. The summed E-state index contributed by atoms with van der Waals surface area (Å²) in [4.78, 5) is 14.5. The number of hydrogen-bond acceptors (Lipinski definition) is 2. The molecule has 1 unspecified atom stereocenters. The fourth-order valence-corrected chi connectivity index (χ4v) is 2.88. The molecule has 1 heterocycles. The summed E-state index contributed by atoms with van der Waals surface area (Å²) in [5, 5.41) is 3.03. The lowest BCUT2D eigenvalue weighted by atomic mass is 10.1. The Labute approximate surface area is 129 Å². The van der Waals surface area contributed by atoms with Crippen LogP contribution in [-0.2, 0) is 0 Å². The predicted octanol–water partition coefficient (Wildman–Crippen LogP) is 3.30. The Morgan fingerprint density at radius 2 is 1.90 bits per heavy atom. The van der Waals surface area contributed by atoms with E-state index < -0.39 is 0 Å². The summed E-state index contributed by atoms with van der Waals surface area (Å²) in [6.45, 7) is 6.46. The van der Waals surface area contributed by atoms with Crippen LogP contribution in [0.1, 0.15) is 36.5 Å². The molecule has 1 atom stereocenters. The van der Waals surface area contributed by atoms with Crippen LogP contribution >= 0.6 is 15.9 Å². The van der Waals surface area contributed by atoms with Gasteiger partial charge in [0.05, 0.1) is 0 Å². The Bertz CT molecular complexity index is 427. The van der Waals surface area contributed by atoms with Crippen molar-refractivity contribution in [1.82, 2.24) is 10.2 Å². The van der Waals surface area contributed by atoms with Crippen LogP contribution in [0, 0.1) is 5.92 Å². The Morgan fingerprint density at radius 1 is 1.25 bits per heavy atom. The monoisotopic (exact) mass is 338 g/mol. The van der Waals surface area contributed by atoms with Gasteiger partial charge < -0.3 is 10.2 Å². The van der Waals surface area contributed by atoms with Crippen LogP contribution in [0.3, 0.4) is 0 Å². The van der Waals surface area contributed by atoms with E-state index in [1.54, 1.807) is 0 Å². The smallest absolute Gasteiger partial charge is 0.251 e. The van der Waals surface area contributed by atoms with Crippen molar-refractivity contribution in [2.75, 3.05) is 26.2 Å². The van der Waals surface area contributed by atoms with Crippen molar-refractivity contribution in [2.45, 2.75) is 26.2 Å². The average Bonchev–Trinajstić information content (AvgIpc) is 2.46. The second-order valence-corrected chi connectivity index (χ2v) is 6.60. The van der Waals surface area contributed by atoms with E-state index in [9.17, 15) is 4.79 Å². The molecule has 0 aliphatic carbocycles. The zero-order valence-electron chi connectivity index (χ0n) is 12.1. The van der Waals surface area contributed by atoms with Crippen LogP contribution in [0.15, 0.2) is 28.7 Å². The number of nitrogens with zero attached hydrogens (tertiary/aromatic N) is 1. The molecule has 1 fully saturated rings. The summed E-state index contributed by atoms with van der Waals surface area (Å²) in [5.74, 6) is 0.510. The Balaban J connectivity index is 1.73. The van der Waals surface area contributed by atoms with Crippen molar-refractivity contribution in [3.63, 3.8) is 0 Å². The minimum atomic E-state index is 0.0167. The highest BCUT2D eigenvalue weighted by atomic mass is 79.9. The second kappa shape index (κ2) is 7.79. The third-order valence-corrected chi connectivity index (χ3v) is 4.26. The van der Waals surface area contributed by atoms with Gasteiger partial charge in [0.25, 0.3) is 5.91 Å². The largest absolute Gasteiger partial charge is 0.352 e. The fourth-order valence-electron chi connectivity index (χ4n) is 2.62. The van der Waals surface area contributed by atoms with Crippen molar-refractivity contribution in [2.24, 2.45) is 5.92 Å². The number of rotatable bonds is 5. The minimum Gasteiger partial charge on any atom is -0.352 e. The summed E-state index contributed by atoms with van der Waals surface area (Å²) >= 11 is 3.37. The van der Waals surface area contributed by atoms with Gasteiger partial charge in [-0.2, -0.15) is 0 Å². The molecule has 0 saturated carbocycles. The number of hydrogen-bond donors (Lipinski definition) is 1. The van der Waals surface area contributed by atoms with Crippen LogP contribution in [0.4, 0.5) is 0 Å². The second-order valence-electron chi connectivity index (χ2n) is 5.68. The SMILES string of the molecule is CC(CNC(=O)c1ccc(Br)cc1)CN1CCCCC1. The molecule has 1 aliphatic heterocycles. The number of halogens is 1. The number of carbonyl (C=O) groups excluding carboxylic acids is 1. The molecule has 1 aliphatic rings. The lowest BCUT2D eigenvalue weighted by Crippen LogP contribution is -2.38. The van der Waals surface area contributed by atoms with E-state index in [4.69, 9.17) is 0 Å². The van der Waals surface area contributed by atoms with E-state index in [0.29, 0.717) is 5.92 Å². The molecule has 0 aromatic heterocycles. The topological polar surface area (TPSA) is 32.3 Å². The third-order valence-electron chi connectivity index (χ3n) is 3.74. The summed E-state index contributed by atoms with van der Waals surface area (Å²) in [6.07, 6.45) is 4.00. The lowest BCUT2D eigenvalue weighted by molar-refractivity contribution is 0.0942. The minimum absolute atomic E-state index is 0.0167. The summed E-state index contributed by atoms with van der Waals surface area (Å²) < 4.78 is 0.993. The van der Waals surface area contributed by atoms with Crippen molar-refractivity contribution in [3.05, 3.63) is 34.3 Å². The van der Waals surface area contributed by atoms with Crippen LogP contribution in [-0.4, -0.2) is 37.0 Å². The first kappa shape index (κ1) is 15.5. The molecule has 110 valence electrons. The maximum atomic E-state index is 12.0. The average molecular weight is 339 g/mol. The quantitative estimate of drug-likeness (QED) is 0.893. The highest BCUT2D eigenvalue weighted by molar-refractivity contribution is 9.10. The van der Waals surface area contributed by atoms with E-state index in [1.165, 1.54) is 32.4 Å². The number of likely N-dealkylation sites (tertiary alicyclic amines) is 1. The van der Waals surface area contributed by atoms with Gasteiger partial charge in [0.1, 0.15) is 0 Å². The standard InChI is InChI=1S/C16H23BrN2O/c1-13(12-19-9-3-2-4-10-19)11-18-16(20)14-5-7-15(17)8-6-14/h5-8,13H,2-4,9-12H2,1H3,(H,18,20). The number of piperidine rings is 1. The van der Waals surface area contributed by atoms with Gasteiger partial charge in [-0.05, 0) is 56.1 Å². The molecule has 0 radical (unpaired) electrons. The highest BCUT2D eigenvalue weighted by Gasteiger charge is 2.14. The zero-order chi connectivity index (χ0) is 14.4. The fraction of sp³-hybridized carbons (Fsp3) is 0.562. The first-order valence-electron chi connectivity index (χ1n) is 7.41. The van der Waals surface area contributed by atoms with Crippen molar-refractivity contribution < 1.29 is 4.79 Å². The molecule has 20 heavy (non-hydrogen) atoms. The van der Waals surface area contributed by atoms with Gasteiger partial charge in [-0.25, -0.2) is 0 Å². The maximum Gasteiger partial charge on any atom is 0.251 e. The van der Waals surface area contributed by atoms with Gasteiger partial charge in [0.15, 0.2) is 0 Å². The molecule has 1 saturated heterocycles. The van der Waals surface area contributed by atoms with Gasteiger partial charge in [-0.3, -0.25) is 4.79 Å². The number of carbonyl (C=O) groups is 1. The van der Waals surface area contributed by atoms with E-state index in [-0.39, 0.29) is 5.91 Å². The third kappa shape index (κ3) is 4.91. The highest BCUT2D eigenvalue weighted by Crippen LogP contribution is 2.12.